The van der Waals surface area contributed by atoms with Crippen molar-refractivity contribution >= 4 is 22.7 Å². The number of halogens is 1. The van der Waals surface area contributed by atoms with Gasteiger partial charge in [0.2, 0.25) is 5.95 Å². The van der Waals surface area contributed by atoms with Gasteiger partial charge in [0.25, 0.3) is 0 Å². The van der Waals surface area contributed by atoms with Gasteiger partial charge in [-0.25, -0.2) is 9.37 Å². The van der Waals surface area contributed by atoms with Crippen LogP contribution in [0.2, 0.25) is 0 Å². The van der Waals surface area contributed by atoms with Gasteiger partial charge in [0.05, 0.1) is 31.6 Å². The van der Waals surface area contributed by atoms with Crippen LogP contribution in [0, 0.1) is 5.82 Å². The van der Waals surface area contributed by atoms with Crippen LogP contribution in [0.1, 0.15) is 5.56 Å². The minimum absolute atomic E-state index is 0.0210. The number of aliphatic hydroxyl groups is 1. The summed E-state index contributed by atoms with van der Waals surface area (Å²) >= 11 is 0. The van der Waals surface area contributed by atoms with Gasteiger partial charge >= 0.3 is 0 Å². The van der Waals surface area contributed by atoms with E-state index in [2.05, 4.69) is 20.4 Å². The van der Waals surface area contributed by atoms with Crippen molar-refractivity contribution in [3.8, 4) is 0 Å². The molecule has 2 N–H and O–H groups in total. The molecular formula is C18H17FN6O. The van der Waals surface area contributed by atoms with Gasteiger partial charge in [-0.05, 0) is 12.1 Å². The highest BCUT2D eigenvalue weighted by Gasteiger charge is 2.09. The summed E-state index contributed by atoms with van der Waals surface area (Å²) in [5, 5.41) is 17.0. The van der Waals surface area contributed by atoms with Crippen molar-refractivity contribution in [3.63, 3.8) is 0 Å². The van der Waals surface area contributed by atoms with Crippen molar-refractivity contribution in [3.05, 3.63) is 66.5 Å². The molecule has 0 aliphatic carbocycles. The minimum atomic E-state index is -0.238. The molecule has 0 saturated heterocycles. The first-order valence-corrected chi connectivity index (χ1v) is 8.18. The lowest BCUT2D eigenvalue weighted by molar-refractivity contribution is 0.269. The molecule has 4 rings (SSSR count). The third-order valence-electron chi connectivity index (χ3n) is 4.02. The quantitative estimate of drug-likeness (QED) is 0.557. The van der Waals surface area contributed by atoms with E-state index in [1.165, 1.54) is 6.07 Å². The van der Waals surface area contributed by atoms with Crippen LogP contribution < -0.4 is 5.32 Å². The van der Waals surface area contributed by atoms with E-state index in [9.17, 15) is 4.39 Å². The number of fused-ring (bicyclic) bond motifs is 1. The van der Waals surface area contributed by atoms with Gasteiger partial charge < -0.3 is 15.0 Å². The summed E-state index contributed by atoms with van der Waals surface area (Å²) in [7, 11) is 0. The Morgan fingerprint density at radius 3 is 2.88 bits per heavy atom. The van der Waals surface area contributed by atoms with Crippen LogP contribution in [0.15, 0.2) is 55.1 Å². The first-order valence-electron chi connectivity index (χ1n) is 8.18. The van der Waals surface area contributed by atoms with Gasteiger partial charge in [-0.2, -0.15) is 10.1 Å². The van der Waals surface area contributed by atoms with Crippen LogP contribution >= 0.6 is 0 Å². The summed E-state index contributed by atoms with van der Waals surface area (Å²) < 4.78 is 17.4. The van der Waals surface area contributed by atoms with E-state index in [1.54, 1.807) is 35.4 Å². The SMILES string of the molecule is OCCn1cc(Nc2ncc3ccn(Cc4ccccc4F)c3n2)cn1. The summed E-state index contributed by atoms with van der Waals surface area (Å²) in [4.78, 5) is 8.84. The largest absolute Gasteiger partial charge is 0.394 e. The van der Waals surface area contributed by atoms with Crippen LogP contribution in [-0.4, -0.2) is 36.0 Å². The van der Waals surface area contributed by atoms with E-state index in [4.69, 9.17) is 5.11 Å². The number of aromatic nitrogens is 5. The Kier molecular flexibility index (Phi) is 4.32. The summed E-state index contributed by atoms with van der Waals surface area (Å²) in [6, 6.07) is 8.60. The fourth-order valence-electron chi connectivity index (χ4n) is 2.75. The average molecular weight is 352 g/mol. The molecule has 0 bridgehead atoms. The molecule has 0 unspecified atom stereocenters. The van der Waals surface area contributed by atoms with Gasteiger partial charge in [-0.1, -0.05) is 18.2 Å². The molecule has 0 atom stereocenters. The maximum atomic E-state index is 13.9. The molecule has 1 aromatic carbocycles. The lowest BCUT2D eigenvalue weighted by Gasteiger charge is -2.07. The fraction of sp³-hybridized carbons (Fsp3) is 0.167. The number of hydrogen-bond acceptors (Lipinski definition) is 5. The third-order valence-corrected chi connectivity index (χ3v) is 4.02. The minimum Gasteiger partial charge on any atom is -0.394 e. The van der Waals surface area contributed by atoms with Crippen LogP contribution in [-0.2, 0) is 13.1 Å². The lowest BCUT2D eigenvalue weighted by atomic mass is 10.2. The first-order chi connectivity index (χ1) is 12.7. The van der Waals surface area contributed by atoms with E-state index in [-0.39, 0.29) is 12.4 Å². The van der Waals surface area contributed by atoms with E-state index in [0.29, 0.717) is 30.2 Å². The number of rotatable bonds is 6. The molecule has 3 aromatic heterocycles. The number of anilines is 2. The smallest absolute Gasteiger partial charge is 0.229 e. The molecule has 0 saturated carbocycles. The second-order valence-corrected chi connectivity index (χ2v) is 5.85. The molecule has 0 aliphatic rings. The predicted octanol–water partition coefficient (Wildman–Crippen LogP) is 2.55. The zero-order valence-corrected chi connectivity index (χ0v) is 13.9. The number of nitrogens with one attached hydrogen (secondary N) is 1. The lowest BCUT2D eigenvalue weighted by Crippen LogP contribution is -2.03. The maximum Gasteiger partial charge on any atom is 0.229 e. The van der Waals surface area contributed by atoms with E-state index in [0.717, 1.165) is 11.1 Å². The van der Waals surface area contributed by atoms with E-state index in [1.807, 2.05) is 22.9 Å². The predicted molar refractivity (Wildman–Crippen MR) is 95.6 cm³/mol. The van der Waals surface area contributed by atoms with Gasteiger partial charge in [-0.15, -0.1) is 0 Å². The van der Waals surface area contributed by atoms with Crippen LogP contribution in [0.4, 0.5) is 16.0 Å². The number of benzene rings is 1. The zero-order valence-electron chi connectivity index (χ0n) is 13.9. The molecule has 0 fully saturated rings. The standard InChI is InChI=1S/C18H17FN6O/c19-16-4-2-1-3-14(16)11-24-6-5-13-9-20-18(23-17(13)24)22-15-10-21-25(12-15)7-8-26/h1-6,9-10,12,26H,7-8,11H2,(H,20,22,23). The average Bonchev–Trinajstić information content (AvgIpc) is 3.24. The topological polar surface area (TPSA) is 80.8 Å². The summed E-state index contributed by atoms with van der Waals surface area (Å²) in [6.45, 7) is 0.835. The van der Waals surface area contributed by atoms with Crippen LogP contribution in [0.25, 0.3) is 11.0 Å². The molecule has 0 radical (unpaired) electrons. The normalized spacial score (nSPS) is 11.2. The Labute approximate surface area is 148 Å². The van der Waals surface area contributed by atoms with Gasteiger partial charge in [0.15, 0.2) is 0 Å². The van der Waals surface area contributed by atoms with Crippen molar-refractivity contribution in [2.45, 2.75) is 13.1 Å². The highest BCUT2D eigenvalue weighted by molar-refractivity contribution is 5.76. The highest BCUT2D eigenvalue weighted by Crippen LogP contribution is 2.19. The molecule has 4 aromatic rings. The van der Waals surface area contributed by atoms with E-state index >= 15 is 0 Å². The molecule has 3 heterocycles. The molecule has 0 aliphatic heterocycles. The van der Waals surface area contributed by atoms with Crippen molar-refractivity contribution in [2.24, 2.45) is 0 Å². The summed E-state index contributed by atoms with van der Waals surface area (Å²) in [6.07, 6.45) is 7.00. The van der Waals surface area contributed by atoms with Crippen molar-refractivity contribution in [2.75, 3.05) is 11.9 Å². The van der Waals surface area contributed by atoms with Gasteiger partial charge in [-0.3, -0.25) is 4.68 Å². The molecule has 132 valence electrons. The van der Waals surface area contributed by atoms with Crippen molar-refractivity contribution < 1.29 is 9.50 Å². The number of hydrogen-bond donors (Lipinski definition) is 2. The number of nitrogens with zero attached hydrogens (tertiary/aromatic N) is 5. The van der Waals surface area contributed by atoms with Crippen LogP contribution in [0.5, 0.6) is 0 Å². The maximum absolute atomic E-state index is 13.9. The Morgan fingerprint density at radius 1 is 1.15 bits per heavy atom. The Hall–Kier alpha value is -3.26. The van der Waals surface area contributed by atoms with Gasteiger partial charge in [0.1, 0.15) is 11.5 Å². The number of aliphatic hydroxyl groups excluding tert-OH is 1. The molecule has 26 heavy (non-hydrogen) atoms. The Morgan fingerprint density at radius 2 is 2.04 bits per heavy atom. The zero-order chi connectivity index (χ0) is 17.9. The molecule has 0 spiro atoms. The highest BCUT2D eigenvalue weighted by atomic mass is 19.1. The fourth-order valence-corrected chi connectivity index (χ4v) is 2.75. The van der Waals surface area contributed by atoms with Crippen LogP contribution in [0.3, 0.4) is 0 Å². The molecule has 7 nitrogen and oxygen atoms in total. The first kappa shape index (κ1) is 16.2. The van der Waals surface area contributed by atoms with Crippen molar-refractivity contribution in [1.82, 2.24) is 24.3 Å². The van der Waals surface area contributed by atoms with Gasteiger partial charge in [0, 0.05) is 29.5 Å². The monoisotopic (exact) mass is 352 g/mol. The summed E-state index contributed by atoms with van der Waals surface area (Å²) in [5.41, 5.74) is 2.04. The summed E-state index contributed by atoms with van der Waals surface area (Å²) in [5.74, 6) is 0.188. The Bertz CT molecular complexity index is 1040. The Balaban J connectivity index is 1.60. The second-order valence-electron chi connectivity index (χ2n) is 5.85. The van der Waals surface area contributed by atoms with Crippen molar-refractivity contribution in [1.29, 1.82) is 0 Å². The van der Waals surface area contributed by atoms with E-state index < -0.39 is 0 Å². The third kappa shape index (κ3) is 3.27. The molecule has 0 amide bonds. The second kappa shape index (κ2) is 6.93. The molecular weight excluding hydrogens is 335 g/mol. The molecule has 8 heteroatoms.